The molecule has 2 heteroatoms. The van der Waals surface area contributed by atoms with Crippen LogP contribution in [0.3, 0.4) is 0 Å². The molecule has 0 N–H and O–H groups in total. The van der Waals surface area contributed by atoms with Gasteiger partial charge in [0.15, 0.2) is 0 Å². The lowest BCUT2D eigenvalue weighted by molar-refractivity contribution is 0.155. The Bertz CT molecular complexity index is 346. The predicted molar refractivity (Wildman–Crippen MR) is 112 cm³/mol. The molecule has 0 spiro atoms. The number of piperidine rings is 1. The molecule has 1 fully saturated rings. The highest BCUT2D eigenvalue weighted by molar-refractivity contribution is 5.14. The summed E-state index contributed by atoms with van der Waals surface area (Å²) in [6.45, 7) is 16.5. The topological polar surface area (TPSA) is 27.0 Å². The summed E-state index contributed by atoms with van der Waals surface area (Å²) in [5.41, 5.74) is 0.738. The minimum Gasteiger partial charge on any atom is -0.303 e. The van der Waals surface area contributed by atoms with Crippen LogP contribution >= 0.6 is 0 Å². The minimum absolute atomic E-state index is 0.738. The van der Waals surface area contributed by atoms with Crippen molar-refractivity contribution < 1.29 is 0 Å². The van der Waals surface area contributed by atoms with Gasteiger partial charge in [0, 0.05) is 5.57 Å². The van der Waals surface area contributed by atoms with Gasteiger partial charge in [-0.15, -0.1) is 0 Å². The Balaban J connectivity index is 0.00000277. The van der Waals surface area contributed by atoms with Crippen molar-refractivity contribution in [2.24, 2.45) is 11.8 Å². The van der Waals surface area contributed by atoms with Crippen molar-refractivity contribution in [3.63, 3.8) is 0 Å². The normalized spacial score (nSPS) is 15.5. The third kappa shape index (κ3) is 13.1. The standard InChI is InChI=1S/C21H38N2.C2H6/c1-19(2)21-13-16-23(17-14-21)15-11-9-7-5-4-6-8-10-12-20(3)18-22;1-2/h19,21H,3-17H2,1-2H3;1-2H3. The van der Waals surface area contributed by atoms with Gasteiger partial charge in [-0.2, -0.15) is 5.26 Å². The first-order valence-electron chi connectivity index (χ1n) is 10.9. The fourth-order valence-electron chi connectivity index (χ4n) is 3.63. The molecule has 1 heterocycles. The number of likely N-dealkylation sites (tertiary alicyclic amines) is 1. The highest BCUT2D eigenvalue weighted by atomic mass is 15.1. The summed E-state index contributed by atoms with van der Waals surface area (Å²) in [4.78, 5) is 2.68. The van der Waals surface area contributed by atoms with Gasteiger partial charge in [-0.1, -0.05) is 72.8 Å². The summed E-state index contributed by atoms with van der Waals surface area (Å²) in [6.07, 6.45) is 14.4. The third-order valence-corrected chi connectivity index (χ3v) is 5.44. The molecule has 146 valence electrons. The monoisotopic (exact) mass is 348 g/mol. The number of allylic oxidation sites excluding steroid dienone is 1. The molecular weight excluding hydrogens is 304 g/mol. The van der Waals surface area contributed by atoms with Crippen LogP contribution in [0.5, 0.6) is 0 Å². The van der Waals surface area contributed by atoms with E-state index in [9.17, 15) is 0 Å². The highest BCUT2D eigenvalue weighted by Gasteiger charge is 2.20. The van der Waals surface area contributed by atoms with E-state index in [1.807, 2.05) is 13.8 Å². The van der Waals surface area contributed by atoms with E-state index in [0.29, 0.717) is 0 Å². The molecular formula is C23H44N2. The van der Waals surface area contributed by atoms with Gasteiger partial charge in [0.2, 0.25) is 0 Å². The summed E-state index contributed by atoms with van der Waals surface area (Å²) in [7, 11) is 0. The summed E-state index contributed by atoms with van der Waals surface area (Å²) < 4.78 is 0. The Morgan fingerprint density at radius 1 is 0.960 bits per heavy atom. The summed E-state index contributed by atoms with van der Waals surface area (Å²) in [6, 6.07) is 2.13. The molecule has 1 rings (SSSR count). The molecule has 1 aliphatic heterocycles. The Kier molecular flexibility index (Phi) is 16.1. The van der Waals surface area contributed by atoms with Gasteiger partial charge in [0.05, 0.1) is 6.07 Å². The molecule has 0 bridgehead atoms. The van der Waals surface area contributed by atoms with Crippen LogP contribution in [0.25, 0.3) is 0 Å². The maximum Gasteiger partial charge on any atom is 0.0940 e. The average molecular weight is 349 g/mol. The molecule has 0 aromatic rings. The van der Waals surface area contributed by atoms with E-state index in [4.69, 9.17) is 5.26 Å². The van der Waals surface area contributed by atoms with Crippen molar-refractivity contribution in [1.29, 1.82) is 5.26 Å². The molecule has 0 aromatic carbocycles. The van der Waals surface area contributed by atoms with Gasteiger partial charge in [0.25, 0.3) is 0 Å². The third-order valence-electron chi connectivity index (χ3n) is 5.44. The SMILES string of the molecule is C=C(C#N)CCCCCCCCCCN1CCC(C(C)C)CC1.CC. The zero-order valence-electron chi connectivity index (χ0n) is 17.7. The maximum atomic E-state index is 8.64. The molecule has 2 nitrogen and oxygen atoms in total. The largest absolute Gasteiger partial charge is 0.303 e. The maximum absolute atomic E-state index is 8.64. The number of hydrogen-bond donors (Lipinski definition) is 0. The van der Waals surface area contributed by atoms with Gasteiger partial charge >= 0.3 is 0 Å². The molecule has 0 saturated carbocycles. The highest BCUT2D eigenvalue weighted by Crippen LogP contribution is 2.24. The first kappa shape index (κ1) is 24.2. The minimum atomic E-state index is 0.738. The Labute approximate surface area is 158 Å². The van der Waals surface area contributed by atoms with Gasteiger partial charge in [-0.05, 0) is 63.6 Å². The van der Waals surface area contributed by atoms with Crippen LogP contribution < -0.4 is 0 Å². The second-order valence-corrected chi connectivity index (χ2v) is 7.72. The average Bonchev–Trinajstić information content (AvgIpc) is 2.65. The first-order chi connectivity index (χ1) is 12.1. The van der Waals surface area contributed by atoms with Crippen LogP contribution in [0.1, 0.15) is 98.3 Å². The quantitative estimate of drug-likeness (QED) is 0.281. The zero-order valence-corrected chi connectivity index (χ0v) is 17.7. The van der Waals surface area contributed by atoms with Gasteiger partial charge in [-0.3, -0.25) is 0 Å². The molecule has 25 heavy (non-hydrogen) atoms. The fraction of sp³-hybridized carbons (Fsp3) is 0.870. The van der Waals surface area contributed by atoms with Crippen molar-refractivity contribution in [3.05, 3.63) is 12.2 Å². The smallest absolute Gasteiger partial charge is 0.0940 e. The van der Waals surface area contributed by atoms with E-state index < -0.39 is 0 Å². The molecule has 1 saturated heterocycles. The lowest BCUT2D eigenvalue weighted by Crippen LogP contribution is -2.35. The summed E-state index contributed by atoms with van der Waals surface area (Å²) in [5.74, 6) is 1.84. The van der Waals surface area contributed by atoms with E-state index in [1.165, 1.54) is 77.4 Å². The first-order valence-corrected chi connectivity index (χ1v) is 10.9. The van der Waals surface area contributed by atoms with Crippen LogP contribution in [0.2, 0.25) is 0 Å². The van der Waals surface area contributed by atoms with Gasteiger partial charge < -0.3 is 4.90 Å². The lowest BCUT2D eigenvalue weighted by atomic mass is 9.87. The summed E-state index contributed by atoms with van der Waals surface area (Å²) >= 11 is 0. The van der Waals surface area contributed by atoms with Crippen molar-refractivity contribution in [2.75, 3.05) is 19.6 Å². The van der Waals surface area contributed by atoms with Crippen LogP contribution in [0, 0.1) is 23.2 Å². The molecule has 0 amide bonds. The number of nitrogens with zero attached hydrogens (tertiary/aromatic N) is 2. The second kappa shape index (κ2) is 16.6. The fourth-order valence-corrected chi connectivity index (χ4v) is 3.63. The van der Waals surface area contributed by atoms with Crippen molar-refractivity contribution >= 4 is 0 Å². The molecule has 1 aliphatic rings. The number of hydrogen-bond acceptors (Lipinski definition) is 2. The van der Waals surface area contributed by atoms with Gasteiger partial charge in [0.1, 0.15) is 0 Å². The summed E-state index contributed by atoms with van der Waals surface area (Å²) in [5, 5.41) is 8.64. The molecule has 0 unspecified atom stereocenters. The zero-order chi connectivity index (χ0) is 18.9. The van der Waals surface area contributed by atoms with E-state index in [1.54, 1.807) is 0 Å². The van der Waals surface area contributed by atoms with Gasteiger partial charge in [-0.25, -0.2) is 0 Å². The predicted octanol–water partition coefficient (Wildman–Crippen LogP) is 6.97. The molecule has 0 radical (unpaired) electrons. The lowest BCUT2D eigenvalue weighted by Gasteiger charge is -2.33. The van der Waals surface area contributed by atoms with E-state index in [0.717, 1.165) is 30.3 Å². The Morgan fingerprint density at radius 3 is 1.92 bits per heavy atom. The van der Waals surface area contributed by atoms with Crippen LogP contribution in [-0.4, -0.2) is 24.5 Å². The van der Waals surface area contributed by atoms with E-state index >= 15 is 0 Å². The molecule has 0 atom stereocenters. The molecule has 0 aliphatic carbocycles. The van der Waals surface area contributed by atoms with Crippen molar-refractivity contribution in [1.82, 2.24) is 4.90 Å². The second-order valence-electron chi connectivity index (χ2n) is 7.72. The van der Waals surface area contributed by atoms with E-state index in [-0.39, 0.29) is 0 Å². The van der Waals surface area contributed by atoms with Crippen LogP contribution in [-0.2, 0) is 0 Å². The van der Waals surface area contributed by atoms with Crippen LogP contribution in [0.15, 0.2) is 12.2 Å². The van der Waals surface area contributed by atoms with Crippen molar-refractivity contribution in [2.45, 2.75) is 98.3 Å². The number of rotatable bonds is 12. The van der Waals surface area contributed by atoms with Crippen LogP contribution in [0.4, 0.5) is 0 Å². The Hall–Kier alpha value is -0.810. The van der Waals surface area contributed by atoms with E-state index in [2.05, 4.69) is 31.4 Å². The molecule has 0 aromatic heterocycles. The van der Waals surface area contributed by atoms with Crippen molar-refractivity contribution in [3.8, 4) is 6.07 Å². The number of unbranched alkanes of at least 4 members (excludes halogenated alkanes) is 7. The number of nitriles is 1. The Morgan fingerprint density at radius 2 is 1.44 bits per heavy atom.